The molecule has 2 aromatic rings. The highest BCUT2D eigenvalue weighted by Crippen LogP contribution is 2.28. The molecule has 0 aromatic carbocycles. The molecular weight excluding hydrogens is 274 g/mol. The summed E-state index contributed by atoms with van der Waals surface area (Å²) >= 11 is 0. The molecule has 112 valence electrons. The Balaban J connectivity index is 1.75. The summed E-state index contributed by atoms with van der Waals surface area (Å²) in [6, 6.07) is 4.03. The molecule has 3 rings (SSSR count). The Morgan fingerprint density at radius 2 is 2.32 bits per heavy atom. The average molecular weight is 293 g/mol. The summed E-state index contributed by atoms with van der Waals surface area (Å²) in [7, 11) is 0. The predicted molar refractivity (Wildman–Crippen MR) is 89.2 cm³/mol. The molecule has 4 heteroatoms. The van der Waals surface area contributed by atoms with Crippen LogP contribution in [0.4, 0.5) is 0 Å². The van der Waals surface area contributed by atoms with Gasteiger partial charge in [0.25, 0.3) is 0 Å². The lowest BCUT2D eigenvalue weighted by atomic mass is 9.99. The van der Waals surface area contributed by atoms with Gasteiger partial charge in [0.15, 0.2) is 0 Å². The molecule has 0 radical (unpaired) electrons. The smallest absolute Gasteiger partial charge is 0.246 e. The molecule has 0 saturated carbocycles. The topological polar surface area (TPSA) is 49.0 Å². The third-order valence-corrected chi connectivity index (χ3v) is 3.86. The fourth-order valence-corrected chi connectivity index (χ4v) is 2.69. The molecule has 1 aliphatic rings. The number of carbonyl (C=O) groups is 1. The van der Waals surface area contributed by atoms with Crippen molar-refractivity contribution in [1.29, 1.82) is 0 Å². The number of aromatic amines is 1. The van der Waals surface area contributed by atoms with E-state index in [2.05, 4.69) is 22.1 Å². The van der Waals surface area contributed by atoms with Crippen molar-refractivity contribution in [3.63, 3.8) is 0 Å². The van der Waals surface area contributed by atoms with Crippen LogP contribution < -0.4 is 0 Å². The van der Waals surface area contributed by atoms with Crippen molar-refractivity contribution in [2.24, 2.45) is 0 Å². The Labute approximate surface area is 129 Å². The molecule has 0 fully saturated rings. The van der Waals surface area contributed by atoms with Crippen molar-refractivity contribution in [3.8, 4) is 0 Å². The SMILES string of the molecule is C/C=C/C=C/C(=O)N1CC=C(c2c[nH]c3ncccc23)CC1. The van der Waals surface area contributed by atoms with Gasteiger partial charge in [0, 0.05) is 42.5 Å². The maximum absolute atomic E-state index is 12.0. The van der Waals surface area contributed by atoms with E-state index in [-0.39, 0.29) is 5.91 Å². The number of H-pyrrole nitrogens is 1. The molecule has 0 bridgehead atoms. The van der Waals surface area contributed by atoms with Gasteiger partial charge < -0.3 is 9.88 Å². The van der Waals surface area contributed by atoms with Crippen molar-refractivity contribution in [3.05, 3.63) is 60.5 Å². The van der Waals surface area contributed by atoms with E-state index in [4.69, 9.17) is 0 Å². The number of aromatic nitrogens is 2. The van der Waals surface area contributed by atoms with E-state index in [0.29, 0.717) is 6.54 Å². The lowest BCUT2D eigenvalue weighted by Gasteiger charge is -2.25. The number of hydrogen-bond donors (Lipinski definition) is 1. The Bertz CT molecular complexity index is 767. The zero-order chi connectivity index (χ0) is 15.4. The fraction of sp³-hybridized carbons (Fsp3) is 0.222. The van der Waals surface area contributed by atoms with E-state index in [1.54, 1.807) is 18.3 Å². The molecule has 2 aromatic heterocycles. The van der Waals surface area contributed by atoms with Crippen molar-refractivity contribution in [2.75, 3.05) is 13.1 Å². The highest BCUT2D eigenvalue weighted by Gasteiger charge is 2.17. The molecule has 1 aliphatic heterocycles. The summed E-state index contributed by atoms with van der Waals surface area (Å²) < 4.78 is 0. The number of nitrogens with one attached hydrogen (secondary N) is 1. The summed E-state index contributed by atoms with van der Waals surface area (Å²) in [5, 5.41) is 1.14. The molecule has 0 saturated heterocycles. The van der Waals surface area contributed by atoms with Crippen LogP contribution in [0.2, 0.25) is 0 Å². The van der Waals surface area contributed by atoms with Gasteiger partial charge in [-0.05, 0) is 31.1 Å². The van der Waals surface area contributed by atoms with Gasteiger partial charge in [-0.1, -0.05) is 24.3 Å². The first kappa shape index (κ1) is 14.3. The minimum Gasteiger partial charge on any atom is -0.346 e. The highest BCUT2D eigenvalue weighted by atomic mass is 16.2. The lowest BCUT2D eigenvalue weighted by Crippen LogP contribution is -2.33. The summed E-state index contributed by atoms with van der Waals surface area (Å²) in [6.45, 7) is 3.33. The maximum atomic E-state index is 12.0. The first-order valence-electron chi connectivity index (χ1n) is 7.49. The number of hydrogen-bond acceptors (Lipinski definition) is 2. The average Bonchev–Trinajstić information content (AvgIpc) is 2.99. The molecule has 1 amide bonds. The van der Waals surface area contributed by atoms with Gasteiger partial charge >= 0.3 is 0 Å². The van der Waals surface area contributed by atoms with Gasteiger partial charge in [0.2, 0.25) is 5.91 Å². The number of nitrogens with zero attached hydrogens (tertiary/aromatic N) is 2. The summed E-state index contributed by atoms with van der Waals surface area (Å²) in [5.41, 5.74) is 3.38. The van der Waals surface area contributed by atoms with Crippen LogP contribution in [-0.2, 0) is 4.79 Å². The lowest BCUT2D eigenvalue weighted by molar-refractivity contribution is -0.125. The van der Waals surface area contributed by atoms with Gasteiger partial charge in [-0.2, -0.15) is 0 Å². The van der Waals surface area contributed by atoms with Crippen molar-refractivity contribution >= 4 is 22.5 Å². The Kier molecular flexibility index (Phi) is 4.19. The third kappa shape index (κ3) is 2.86. The molecule has 4 nitrogen and oxygen atoms in total. The summed E-state index contributed by atoms with van der Waals surface area (Å²) in [6.07, 6.45) is 14.0. The largest absolute Gasteiger partial charge is 0.346 e. The number of allylic oxidation sites excluding steroid dienone is 3. The van der Waals surface area contributed by atoms with Crippen LogP contribution in [0.3, 0.4) is 0 Å². The van der Waals surface area contributed by atoms with Crippen molar-refractivity contribution in [2.45, 2.75) is 13.3 Å². The van der Waals surface area contributed by atoms with Crippen LogP contribution >= 0.6 is 0 Å². The zero-order valence-electron chi connectivity index (χ0n) is 12.6. The number of carbonyl (C=O) groups excluding carboxylic acids is 1. The van der Waals surface area contributed by atoms with E-state index in [1.165, 1.54) is 11.1 Å². The maximum Gasteiger partial charge on any atom is 0.246 e. The molecular formula is C18H19N3O. The number of rotatable bonds is 3. The minimum absolute atomic E-state index is 0.0639. The van der Waals surface area contributed by atoms with Gasteiger partial charge in [-0.3, -0.25) is 4.79 Å². The monoisotopic (exact) mass is 293 g/mol. The van der Waals surface area contributed by atoms with Gasteiger partial charge in [0.05, 0.1) is 0 Å². The van der Waals surface area contributed by atoms with Gasteiger partial charge in [-0.15, -0.1) is 0 Å². The van der Waals surface area contributed by atoms with Crippen LogP contribution in [-0.4, -0.2) is 33.9 Å². The second-order valence-corrected chi connectivity index (χ2v) is 5.25. The molecule has 0 atom stereocenters. The number of amides is 1. The molecule has 3 heterocycles. The van der Waals surface area contributed by atoms with Crippen LogP contribution in [0.1, 0.15) is 18.9 Å². The van der Waals surface area contributed by atoms with Crippen LogP contribution in [0.25, 0.3) is 16.6 Å². The number of pyridine rings is 1. The van der Waals surface area contributed by atoms with E-state index in [0.717, 1.165) is 24.0 Å². The van der Waals surface area contributed by atoms with E-state index in [1.807, 2.05) is 36.2 Å². The van der Waals surface area contributed by atoms with Gasteiger partial charge in [0.1, 0.15) is 5.65 Å². The standard InChI is InChI=1S/C18H19N3O/c1-2-3-4-7-17(22)21-11-8-14(9-12-21)16-13-20-18-15(16)6-5-10-19-18/h2-8,10,13H,9,11-12H2,1H3,(H,19,20)/b3-2+,7-4+. The molecule has 1 N–H and O–H groups in total. The summed E-state index contributed by atoms with van der Waals surface area (Å²) in [5.74, 6) is 0.0639. The minimum atomic E-state index is 0.0639. The summed E-state index contributed by atoms with van der Waals surface area (Å²) in [4.78, 5) is 21.4. The normalized spacial score (nSPS) is 15.9. The molecule has 22 heavy (non-hydrogen) atoms. The highest BCUT2D eigenvalue weighted by molar-refractivity contribution is 5.92. The van der Waals surface area contributed by atoms with Crippen LogP contribution in [0, 0.1) is 0 Å². The van der Waals surface area contributed by atoms with E-state index in [9.17, 15) is 4.79 Å². The molecule has 0 aliphatic carbocycles. The van der Waals surface area contributed by atoms with Crippen molar-refractivity contribution < 1.29 is 4.79 Å². The molecule has 0 unspecified atom stereocenters. The first-order valence-corrected chi connectivity index (χ1v) is 7.49. The second kappa shape index (κ2) is 6.43. The quantitative estimate of drug-likeness (QED) is 0.697. The molecule has 0 spiro atoms. The Morgan fingerprint density at radius 3 is 3.09 bits per heavy atom. The number of fused-ring (bicyclic) bond motifs is 1. The zero-order valence-corrected chi connectivity index (χ0v) is 12.6. The predicted octanol–water partition coefficient (Wildman–Crippen LogP) is 3.31. The Morgan fingerprint density at radius 1 is 1.41 bits per heavy atom. The second-order valence-electron chi connectivity index (χ2n) is 5.25. The van der Waals surface area contributed by atoms with E-state index >= 15 is 0 Å². The van der Waals surface area contributed by atoms with E-state index < -0.39 is 0 Å². The first-order chi connectivity index (χ1) is 10.8. The Hall–Kier alpha value is -2.62. The van der Waals surface area contributed by atoms with Gasteiger partial charge in [-0.25, -0.2) is 4.98 Å². The van der Waals surface area contributed by atoms with Crippen LogP contribution in [0.5, 0.6) is 0 Å². The third-order valence-electron chi connectivity index (χ3n) is 3.86. The van der Waals surface area contributed by atoms with Crippen LogP contribution in [0.15, 0.2) is 54.9 Å². The fourth-order valence-electron chi connectivity index (χ4n) is 2.69. The van der Waals surface area contributed by atoms with Crippen molar-refractivity contribution in [1.82, 2.24) is 14.9 Å².